The molecule has 1 nitrogen and oxygen atoms in total. The summed E-state index contributed by atoms with van der Waals surface area (Å²) < 4.78 is 0. The summed E-state index contributed by atoms with van der Waals surface area (Å²) in [5, 5.41) is 11.1. The molecule has 1 aliphatic carbocycles. The summed E-state index contributed by atoms with van der Waals surface area (Å²) in [6.07, 6.45) is 2.09. The zero-order valence-corrected chi connectivity index (χ0v) is 5.58. The van der Waals surface area contributed by atoms with Crippen LogP contribution < -0.4 is 0 Å². The van der Waals surface area contributed by atoms with Crippen molar-refractivity contribution in [2.75, 3.05) is 0 Å². The lowest BCUT2D eigenvalue weighted by molar-refractivity contribution is 0.122. The van der Waals surface area contributed by atoms with Crippen molar-refractivity contribution in [1.82, 2.24) is 0 Å². The number of rotatable bonds is 0. The Kier molecular flexibility index (Phi) is 1.24. The molecule has 2 radical (unpaired) electrons. The van der Waals surface area contributed by atoms with E-state index in [9.17, 15) is 5.11 Å². The molecule has 50 valence electrons. The number of hydrogen-bond donors (Lipinski definition) is 0. The fourth-order valence-corrected chi connectivity index (χ4v) is 1.36. The van der Waals surface area contributed by atoms with Gasteiger partial charge in [-0.25, -0.2) is 5.11 Å². The second-order valence-corrected chi connectivity index (χ2v) is 2.56. The lowest BCUT2D eigenvalue weighted by Gasteiger charge is -1.97. The standard InChI is InChI=1S/C9H8O/c10-9-6-5-7-3-1-2-4-8(7)9/h1-4,6,9H,5H2. The second-order valence-electron chi connectivity index (χ2n) is 2.56. The molecule has 0 saturated carbocycles. The van der Waals surface area contributed by atoms with E-state index in [2.05, 4.69) is 0 Å². The van der Waals surface area contributed by atoms with Crippen LogP contribution in [0.2, 0.25) is 0 Å². The normalized spacial score (nSPS) is 22.7. The van der Waals surface area contributed by atoms with Crippen molar-refractivity contribution in [3.05, 3.63) is 41.8 Å². The van der Waals surface area contributed by atoms with Crippen LogP contribution in [0.5, 0.6) is 0 Å². The average molecular weight is 132 g/mol. The van der Waals surface area contributed by atoms with Crippen molar-refractivity contribution in [2.24, 2.45) is 0 Å². The van der Waals surface area contributed by atoms with Crippen molar-refractivity contribution in [3.63, 3.8) is 0 Å². The molecule has 1 heteroatoms. The van der Waals surface area contributed by atoms with Crippen LogP contribution in [0.15, 0.2) is 24.3 Å². The van der Waals surface area contributed by atoms with E-state index in [-0.39, 0.29) is 0 Å². The summed E-state index contributed by atoms with van der Waals surface area (Å²) in [4.78, 5) is 0. The maximum absolute atomic E-state index is 11.1. The third kappa shape index (κ3) is 0.745. The Morgan fingerprint density at radius 2 is 2.10 bits per heavy atom. The van der Waals surface area contributed by atoms with Gasteiger partial charge in [0.1, 0.15) is 6.10 Å². The molecule has 2 rings (SSSR count). The lowest BCUT2D eigenvalue weighted by atomic mass is 10.1. The average Bonchev–Trinajstić information content (AvgIpc) is 2.34. The van der Waals surface area contributed by atoms with E-state index < -0.39 is 6.10 Å². The summed E-state index contributed by atoms with van der Waals surface area (Å²) in [6.45, 7) is 0. The first-order valence-corrected chi connectivity index (χ1v) is 3.45. The molecule has 0 saturated heterocycles. The van der Waals surface area contributed by atoms with E-state index in [1.165, 1.54) is 5.56 Å². The van der Waals surface area contributed by atoms with Crippen LogP contribution in [0.3, 0.4) is 0 Å². The summed E-state index contributed by atoms with van der Waals surface area (Å²) in [7, 11) is 0. The lowest BCUT2D eigenvalue weighted by Crippen LogP contribution is -1.86. The molecular formula is C9H8O. The first kappa shape index (κ1) is 5.93. The Hall–Kier alpha value is -0.820. The minimum Gasteiger partial charge on any atom is -0.228 e. The third-order valence-corrected chi connectivity index (χ3v) is 1.91. The predicted molar refractivity (Wildman–Crippen MR) is 37.9 cm³/mol. The van der Waals surface area contributed by atoms with Crippen LogP contribution in [-0.2, 0) is 11.5 Å². The van der Waals surface area contributed by atoms with Crippen LogP contribution in [-0.4, -0.2) is 0 Å². The van der Waals surface area contributed by atoms with Gasteiger partial charge in [0.15, 0.2) is 0 Å². The first-order chi connectivity index (χ1) is 4.88. The zero-order chi connectivity index (χ0) is 6.97. The Bertz CT molecular complexity index is 242. The largest absolute Gasteiger partial charge is 0.228 e. The molecule has 0 aliphatic heterocycles. The molecule has 0 fully saturated rings. The highest BCUT2D eigenvalue weighted by molar-refractivity contribution is 5.36. The molecule has 0 heterocycles. The Morgan fingerprint density at radius 1 is 1.30 bits per heavy atom. The molecule has 0 amide bonds. The van der Waals surface area contributed by atoms with Gasteiger partial charge < -0.3 is 0 Å². The molecule has 1 aromatic rings. The van der Waals surface area contributed by atoms with Gasteiger partial charge in [0.05, 0.1) is 0 Å². The van der Waals surface area contributed by atoms with E-state index >= 15 is 0 Å². The van der Waals surface area contributed by atoms with Gasteiger partial charge in [0.25, 0.3) is 0 Å². The summed E-state index contributed by atoms with van der Waals surface area (Å²) in [6, 6.07) is 7.83. The summed E-state index contributed by atoms with van der Waals surface area (Å²) in [5.41, 5.74) is 2.16. The van der Waals surface area contributed by atoms with E-state index in [4.69, 9.17) is 0 Å². The van der Waals surface area contributed by atoms with Gasteiger partial charge in [0, 0.05) is 6.42 Å². The molecule has 1 unspecified atom stereocenters. The SMILES string of the molecule is [O]C1[CH]Cc2ccccc21. The van der Waals surface area contributed by atoms with Gasteiger partial charge in [-0.1, -0.05) is 24.3 Å². The molecular weight excluding hydrogens is 124 g/mol. The van der Waals surface area contributed by atoms with Gasteiger partial charge in [-0.05, 0) is 17.5 Å². The van der Waals surface area contributed by atoms with Gasteiger partial charge in [-0.3, -0.25) is 0 Å². The van der Waals surface area contributed by atoms with Crippen molar-refractivity contribution in [2.45, 2.75) is 12.5 Å². The second kappa shape index (κ2) is 2.10. The zero-order valence-electron chi connectivity index (χ0n) is 5.58. The van der Waals surface area contributed by atoms with Crippen LogP contribution in [0.4, 0.5) is 0 Å². The smallest absolute Gasteiger partial charge is 0.122 e. The maximum Gasteiger partial charge on any atom is 0.122 e. The maximum atomic E-state index is 11.1. The van der Waals surface area contributed by atoms with E-state index in [1.807, 2.05) is 30.7 Å². The minimum absolute atomic E-state index is 0.573. The molecule has 0 aromatic heterocycles. The van der Waals surface area contributed by atoms with Gasteiger partial charge >= 0.3 is 0 Å². The highest BCUT2D eigenvalue weighted by Gasteiger charge is 2.20. The minimum atomic E-state index is -0.573. The van der Waals surface area contributed by atoms with E-state index in [0.717, 1.165) is 12.0 Å². The third-order valence-electron chi connectivity index (χ3n) is 1.91. The molecule has 0 bridgehead atoms. The first-order valence-electron chi connectivity index (χ1n) is 3.45. The fraction of sp³-hybridized carbons (Fsp3) is 0.222. The van der Waals surface area contributed by atoms with Gasteiger partial charge in [-0.2, -0.15) is 0 Å². The quantitative estimate of drug-likeness (QED) is 0.514. The summed E-state index contributed by atoms with van der Waals surface area (Å²) in [5.74, 6) is 0. The summed E-state index contributed by atoms with van der Waals surface area (Å²) >= 11 is 0. The highest BCUT2D eigenvalue weighted by Crippen LogP contribution is 2.29. The Balaban J connectivity index is 2.51. The van der Waals surface area contributed by atoms with Crippen LogP contribution >= 0.6 is 0 Å². The fourth-order valence-electron chi connectivity index (χ4n) is 1.36. The van der Waals surface area contributed by atoms with Crippen molar-refractivity contribution >= 4 is 0 Å². The number of benzene rings is 1. The van der Waals surface area contributed by atoms with Crippen LogP contribution in [0, 0.1) is 6.42 Å². The Morgan fingerprint density at radius 3 is 2.90 bits per heavy atom. The van der Waals surface area contributed by atoms with Crippen molar-refractivity contribution in [1.29, 1.82) is 0 Å². The number of fused-ring (bicyclic) bond motifs is 1. The molecule has 10 heavy (non-hydrogen) atoms. The van der Waals surface area contributed by atoms with Gasteiger partial charge in [0.2, 0.25) is 0 Å². The van der Waals surface area contributed by atoms with Gasteiger partial charge in [-0.15, -0.1) is 0 Å². The molecule has 1 aliphatic rings. The molecule has 0 spiro atoms. The molecule has 1 aromatic carbocycles. The molecule has 0 N–H and O–H groups in total. The van der Waals surface area contributed by atoms with Crippen molar-refractivity contribution < 1.29 is 5.11 Å². The van der Waals surface area contributed by atoms with Crippen LogP contribution in [0.25, 0.3) is 0 Å². The Labute approximate surface area is 60.3 Å². The van der Waals surface area contributed by atoms with Crippen LogP contribution in [0.1, 0.15) is 17.2 Å². The number of hydrogen-bond acceptors (Lipinski definition) is 0. The van der Waals surface area contributed by atoms with Crippen molar-refractivity contribution in [3.8, 4) is 0 Å². The topological polar surface area (TPSA) is 19.9 Å². The highest BCUT2D eigenvalue weighted by atomic mass is 16.3. The van der Waals surface area contributed by atoms with E-state index in [0.29, 0.717) is 0 Å². The van der Waals surface area contributed by atoms with E-state index in [1.54, 1.807) is 0 Å². The monoisotopic (exact) mass is 132 g/mol. The molecule has 1 atom stereocenters. The predicted octanol–water partition coefficient (Wildman–Crippen LogP) is 1.92.